The average Bonchev–Trinajstić information content (AvgIpc) is 2.94. The number of thioether (sulfide) groups is 2. The van der Waals surface area contributed by atoms with Crippen LogP contribution in [0.3, 0.4) is 0 Å². The molecule has 0 radical (unpaired) electrons. The van der Waals surface area contributed by atoms with Gasteiger partial charge in [-0.25, -0.2) is 0 Å². The van der Waals surface area contributed by atoms with E-state index in [4.69, 9.17) is 0 Å². The average molecular weight is 431 g/mol. The summed E-state index contributed by atoms with van der Waals surface area (Å²) in [5, 5.41) is 9.58. The van der Waals surface area contributed by atoms with Crippen molar-refractivity contribution in [2.24, 2.45) is 0 Å². The van der Waals surface area contributed by atoms with Crippen molar-refractivity contribution in [2.45, 2.75) is 107 Å². The molecule has 0 bridgehead atoms. The van der Waals surface area contributed by atoms with Crippen LogP contribution in [-0.2, 0) is 14.4 Å². The van der Waals surface area contributed by atoms with Gasteiger partial charge < -0.3 is 10.0 Å². The number of carbonyl (C=O) groups excluding carboxylic acids is 3. The number of nitrogens with zero attached hydrogens (tertiary/aromatic N) is 2. The standard InChI is InChI=1S/C20H34N2O4S2/c1-11(2)21-15(23)9-13(17(21)25)27-19(5,6)20(7,8)28-14-10-16(24)22(12(3)4)18(14)26/h11-15,23H,9-10H2,1-8H3. The molecule has 6 nitrogen and oxygen atoms in total. The van der Waals surface area contributed by atoms with Gasteiger partial charge in [0, 0.05) is 34.4 Å². The summed E-state index contributed by atoms with van der Waals surface area (Å²) in [6.07, 6.45) is -0.104. The molecule has 3 unspecified atom stereocenters. The Kier molecular flexibility index (Phi) is 6.88. The molecular weight excluding hydrogens is 396 g/mol. The lowest BCUT2D eigenvalue weighted by Gasteiger charge is -2.42. The first-order valence-corrected chi connectivity index (χ1v) is 11.7. The molecule has 3 atom stereocenters. The van der Waals surface area contributed by atoms with Gasteiger partial charge in [-0.3, -0.25) is 19.3 Å². The minimum Gasteiger partial charge on any atom is -0.373 e. The summed E-state index contributed by atoms with van der Waals surface area (Å²) < 4.78 is -0.707. The molecule has 160 valence electrons. The predicted molar refractivity (Wildman–Crippen MR) is 115 cm³/mol. The van der Waals surface area contributed by atoms with Gasteiger partial charge in [0.25, 0.3) is 0 Å². The van der Waals surface area contributed by atoms with Gasteiger partial charge in [0.15, 0.2) is 0 Å². The second-order valence-corrected chi connectivity index (χ2v) is 12.8. The summed E-state index contributed by atoms with van der Waals surface area (Å²) in [6.45, 7) is 15.8. The molecule has 0 spiro atoms. The van der Waals surface area contributed by atoms with Crippen molar-refractivity contribution >= 4 is 41.2 Å². The van der Waals surface area contributed by atoms with Gasteiger partial charge in [-0.1, -0.05) is 0 Å². The lowest BCUT2D eigenvalue weighted by Crippen LogP contribution is -2.45. The summed E-state index contributed by atoms with van der Waals surface area (Å²) in [4.78, 5) is 40.6. The van der Waals surface area contributed by atoms with Gasteiger partial charge in [0.2, 0.25) is 17.7 Å². The van der Waals surface area contributed by atoms with Crippen LogP contribution in [0.15, 0.2) is 0 Å². The molecule has 0 saturated carbocycles. The number of imide groups is 1. The van der Waals surface area contributed by atoms with Gasteiger partial charge in [-0.05, 0) is 55.4 Å². The Balaban J connectivity index is 2.11. The zero-order valence-corrected chi connectivity index (χ0v) is 19.8. The lowest BCUT2D eigenvalue weighted by atomic mass is 9.98. The van der Waals surface area contributed by atoms with E-state index in [1.165, 1.54) is 16.7 Å². The van der Waals surface area contributed by atoms with Crippen LogP contribution >= 0.6 is 23.5 Å². The van der Waals surface area contributed by atoms with Crippen molar-refractivity contribution in [3.8, 4) is 0 Å². The number of likely N-dealkylation sites (tertiary alicyclic amines) is 2. The van der Waals surface area contributed by atoms with Crippen LogP contribution in [-0.4, -0.2) is 70.9 Å². The second kappa shape index (κ2) is 8.19. The third-order valence-electron chi connectivity index (χ3n) is 5.81. The largest absolute Gasteiger partial charge is 0.373 e. The first kappa shape index (κ1) is 23.5. The highest BCUT2D eigenvalue weighted by atomic mass is 32.2. The van der Waals surface area contributed by atoms with Crippen LogP contribution in [0.2, 0.25) is 0 Å². The van der Waals surface area contributed by atoms with Gasteiger partial charge in [0.05, 0.1) is 10.5 Å². The van der Waals surface area contributed by atoms with Crippen LogP contribution in [0, 0.1) is 0 Å². The van der Waals surface area contributed by atoms with E-state index < -0.39 is 6.23 Å². The van der Waals surface area contributed by atoms with Crippen molar-refractivity contribution in [1.82, 2.24) is 9.80 Å². The number of rotatable bonds is 7. The minimum atomic E-state index is -0.745. The fourth-order valence-corrected chi connectivity index (χ4v) is 6.88. The molecule has 1 N–H and O–H groups in total. The topological polar surface area (TPSA) is 77.9 Å². The molecule has 2 aliphatic rings. The fraction of sp³-hybridized carbons (Fsp3) is 0.850. The van der Waals surface area contributed by atoms with E-state index in [0.29, 0.717) is 6.42 Å². The minimum absolute atomic E-state index is 0.0283. The molecule has 2 saturated heterocycles. The Hall–Kier alpha value is -0.730. The first-order chi connectivity index (χ1) is 12.7. The SMILES string of the molecule is CC(C)N1C(=O)CC(SC(C)(C)C(C)(C)SC2CC(O)N(C(C)C)C2=O)C1=O. The molecule has 2 fully saturated rings. The van der Waals surface area contributed by atoms with Crippen LogP contribution in [0.25, 0.3) is 0 Å². The summed E-state index contributed by atoms with van der Waals surface area (Å²) in [5.41, 5.74) is 0. The lowest BCUT2D eigenvalue weighted by molar-refractivity contribution is -0.140. The van der Waals surface area contributed by atoms with E-state index in [1.54, 1.807) is 16.7 Å². The van der Waals surface area contributed by atoms with Crippen molar-refractivity contribution in [2.75, 3.05) is 0 Å². The summed E-state index contributed by atoms with van der Waals surface area (Å²) in [6, 6.07) is -0.168. The molecule has 0 aromatic heterocycles. The Morgan fingerprint density at radius 3 is 1.79 bits per heavy atom. The quantitative estimate of drug-likeness (QED) is 0.626. The van der Waals surface area contributed by atoms with E-state index in [1.807, 2.05) is 27.7 Å². The first-order valence-electron chi connectivity index (χ1n) is 9.91. The number of aliphatic hydroxyl groups is 1. The molecule has 2 heterocycles. The molecule has 2 rings (SSSR count). The zero-order chi connectivity index (χ0) is 21.6. The van der Waals surface area contributed by atoms with Crippen molar-refractivity contribution in [1.29, 1.82) is 0 Å². The summed E-state index contributed by atoms with van der Waals surface area (Å²) >= 11 is 3.08. The van der Waals surface area contributed by atoms with Gasteiger partial charge in [0.1, 0.15) is 6.23 Å². The fourth-order valence-electron chi connectivity index (χ4n) is 3.67. The monoisotopic (exact) mass is 430 g/mol. The predicted octanol–water partition coefficient (Wildman–Crippen LogP) is 2.87. The van der Waals surface area contributed by atoms with Crippen LogP contribution in [0.4, 0.5) is 0 Å². The van der Waals surface area contributed by atoms with Gasteiger partial charge >= 0.3 is 0 Å². The van der Waals surface area contributed by atoms with Crippen LogP contribution in [0.5, 0.6) is 0 Å². The zero-order valence-electron chi connectivity index (χ0n) is 18.2. The van der Waals surface area contributed by atoms with Crippen molar-refractivity contribution in [3.63, 3.8) is 0 Å². The van der Waals surface area contributed by atoms with E-state index in [-0.39, 0.29) is 56.2 Å². The van der Waals surface area contributed by atoms with Crippen molar-refractivity contribution in [3.05, 3.63) is 0 Å². The van der Waals surface area contributed by atoms with Gasteiger partial charge in [-0.15, -0.1) is 23.5 Å². The second-order valence-electron chi connectivity index (χ2n) is 9.19. The molecule has 0 aromatic carbocycles. The number of carbonyl (C=O) groups is 3. The molecular formula is C20H34N2O4S2. The molecule has 28 heavy (non-hydrogen) atoms. The highest BCUT2D eigenvalue weighted by Crippen LogP contribution is 2.50. The molecule has 0 aliphatic carbocycles. The Morgan fingerprint density at radius 1 is 0.893 bits per heavy atom. The number of hydrogen-bond acceptors (Lipinski definition) is 6. The van der Waals surface area contributed by atoms with E-state index in [2.05, 4.69) is 27.7 Å². The van der Waals surface area contributed by atoms with Crippen LogP contribution < -0.4 is 0 Å². The maximum atomic E-state index is 12.8. The van der Waals surface area contributed by atoms with Crippen molar-refractivity contribution < 1.29 is 19.5 Å². The molecule has 3 amide bonds. The molecule has 2 aliphatic heterocycles. The number of aliphatic hydroxyl groups excluding tert-OH is 1. The number of hydrogen-bond donors (Lipinski definition) is 1. The normalized spacial score (nSPS) is 27.1. The third-order valence-corrected chi connectivity index (χ3v) is 9.47. The maximum Gasteiger partial charge on any atom is 0.243 e. The highest BCUT2D eigenvalue weighted by molar-refractivity contribution is 8.06. The summed E-state index contributed by atoms with van der Waals surface area (Å²) in [7, 11) is 0. The Labute approximate surface area is 177 Å². The van der Waals surface area contributed by atoms with E-state index in [0.717, 1.165) is 0 Å². The molecule has 0 aromatic rings. The van der Waals surface area contributed by atoms with E-state index in [9.17, 15) is 19.5 Å². The van der Waals surface area contributed by atoms with Gasteiger partial charge in [-0.2, -0.15) is 0 Å². The third kappa shape index (κ3) is 4.38. The Morgan fingerprint density at radius 2 is 1.39 bits per heavy atom. The smallest absolute Gasteiger partial charge is 0.243 e. The Bertz CT molecular complexity index is 648. The molecule has 8 heteroatoms. The highest BCUT2D eigenvalue weighted by Gasteiger charge is 2.50. The number of amides is 3. The summed E-state index contributed by atoms with van der Waals surface area (Å²) in [5.74, 6) is -0.253. The van der Waals surface area contributed by atoms with Crippen LogP contribution in [0.1, 0.15) is 68.2 Å². The maximum absolute atomic E-state index is 12.8. The van der Waals surface area contributed by atoms with E-state index >= 15 is 0 Å².